The molecule has 0 amide bonds. The number of ether oxygens (including phenoxy) is 8. The van der Waals surface area contributed by atoms with E-state index in [4.69, 9.17) is 47.9 Å². The van der Waals surface area contributed by atoms with Crippen LogP contribution in [0, 0.1) is 0 Å². The number of hydrogen-bond donors (Lipinski definition) is 2. The van der Waals surface area contributed by atoms with Crippen LogP contribution in [0.2, 0.25) is 0 Å². The maximum Gasteiger partial charge on any atom is 0.134 e. The van der Waals surface area contributed by atoms with Gasteiger partial charge in [-0.3, -0.25) is 37.5 Å². The van der Waals surface area contributed by atoms with Gasteiger partial charge in [0.2, 0.25) is 0 Å². The summed E-state index contributed by atoms with van der Waals surface area (Å²) in [5.41, 5.74) is 15.2. The van der Waals surface area contributed by atoms with Crippen LogP contribution in [-0.2, 0) is 105 Å². The van der Waals surface area contributed by atoms with Crippen molar-refractivity contribution in [1.82, 2.24) is 140 Å². The second-order valence-corrected chi connectivity index (χ2v) is 28.1. The molecule has 610 valence electrons. The van der Waals surface area contributed by atoms with Gasteiger partial charge in [-0.2, -0.15) is 0 Å². The Balaban J connectivity index is 0.932. The molecule has 11 aromatic heterocycles. The second-order valence-electron chi connectivity index (χ2n) is 28.1. The highest BCUT2D eigenvalue weighted by molar-refractivity contribution is 6.00. The SMILES string of the molecule is CCn1cc(COc2cc(OCc3cn(CC)nn3)cc(-c3c4nc(c(-c5cc(OCc6cn(CC)nn6)cc(OCc6cn(CC)nn6)c5)c5ccc([nH]5)c(-c5cc(OCc6cn(CC)nn6)cc(OCc6cn(CC)nn6)c5)c5nc(c(-c6cc(OCc7cn(CC)nn7)cc(OCc7cn(CC)nn7)c6)c6ccc3[nH]6)C=C5)C=C4)c2)nn1. The van der Waals surface area contributed by atoms with E-state index in [1.165, 1.54) is 0 Å². The normalized spacial score (nSPS) is 11.8. The Labute approximate surface area is 687 Å². The highest BCUT2D eigenvalue weighted by Crippen LogP contribution is 2.44. The minimum absolute atomic E-state index is 0.0949. The molecule has 0 saturated carbocycles. The molecule has 8 bridgehead atoms. The Hall–Kier alpha value is -15.0. The first-order valence-corrected chi connectivity index (χ1v) is 39.8. The Bertz CT molecular complexity index is 5390. The number of nitrogens with zero attached hydrogens (tertiary/aromatic N) is 26. The van der Waals surface area contributed by atoms with E-state index in [0.29, 0.717) is 233 Å². The van der Waals surface area contributed by atoms with Gasteiger partial charge in [0.25, 0.3) is 0 Å². The highest BCUT2D eigenvalue weighted by atomic mass is 16.5. The molecule has 0 saturated heterocycles. The lowest BCUT2D eigenvalue weighted by Gasteiger charge is -2.14. The van der Waals surface area contributed by atoms with E-state index in [1.807, 2.05) is 226 Å². The standard InChI is InChI=1S/C84H86N28O8/c1-9-105-37-57(89-97-105)45-113-65-25-53(26-66(33-65)114-46-58-38-106(10-2)98-90-58)81-73-17-19-75(85-73)82(54-27-67(115-47-59-39-107(11-3)99-91-59)34-68(28-54)116-48-60-40-108(12-4)100-92-60)77-21-23-79(87-77)84(56-31-71(119-51-63-43-111(15-7)103-95-63)36-72(32-56)120-52-64-44-112(16-8)104-96-64)80-24-22-78(88-80)83(76-20-18-74(81)86-76)55-29-69(117-49-61-41-109(13-5)101-93-61)35-70(30-55)118-50-62-42-110(14-6)102-94-62/h17-44,85,88H,9-16,45-52H2,1-8H3. The quantitative estimate of drug-likeness (QED) is 0.0368. The number of aromatic nitrogens is 28. The first kappa shape index (κ1) is 77.6. The second kappa shape index (κ2) is 35.2. The Morgan fingerprint density at radius 1 is 0.225 bits per heavy atom. The van der Waals surface area contributed by atoms with Crippen LogP contribution in [0.4, 0.5) is 0 Å². The average Bonchev–Trinajstić information content (AvgIpc) is 1.59. The third-order valence-electron chi connectivity index (χ3n) is 19.8. The predicted octanol–water partition coefficient (Wildman–Crippen LogP) is 12.8. The van der Waals surface area contributed by atoms with Crippen LogP contribution in [0.5, 0.6) is 46.0 Å². The number of rotatable bonds is 36. The van der Waals surface area contributed by atoms with Crippen molar-refractivity contribution in [2.45, 2.75) is 161 Å². The van der Waals surface area contributed by atoms with E-state index in [-0.39, 0.29) is 52.9 Å². The van der Waals surface area contributed by atoms with Gasteiger partial charge in [-0.15, -0.1) is 40.8 Å². The molecule has 2 N–H and O–H groups in total. The summed E-state index contributed by atoms with van der Waals surface area (Å²) >= 11 is 0. The van der Waals surface area contributed by atoms with Crippen LogP contribution in [-0.4, -0.2) is 140 Å². The third-order valence-corrected chi connectivity index (χ3v) is 19.8. The lowest BCUT2D eigenvalue weighted by atomic mass is 10.0. The summed E-state index contributed by atoms with van der Waals surface area (Å²) in [5.74, 6) is 3.77. The number of aryl methyl sites for hydroxylation is 8. The molecule has 0 aliphatic carbocycles. The van der Waals surface area contributed by atoms with Gasteiger partial charge in [0.05, 0.1) is 72.4 Å². The number of aromatic amines is 2. The predicted molar refractivity (Wildman–Crippen MR) is 441 cm³/mol. The fraction of sp³-hybridized carbons (Fsp3) is 0.286. The Morgan fingerprint density at radius 3 is 0.525 bits per heavy atom. The monoisotopic (exact) mass is 1610 g/mol. The number of H-pyrrole nitrogens is 2. The van der Waals surface area contributed by atoms with Gasteiger partial charge < -0.3 is 47.9 Å². The molecular weight excluding hydrogens is 1530 g/mol. The van der Waals surface area contributed by atoms with Gasteiger partial charge in [0.15, 0.2) is 0 Å². The van der Waals surface area contributed by atoms with Crippen LogP contribution in [0.15, 0.2) is 147 Å². The summed E-state index contributed by atoms with van der Waals surface area (Å²) in [6, 6.07) is 31.3. The molecular formula is C84H86N28O8. The molecule has 0 fully saturated rings. The van der Waals surface area contributed by atoms with Crippen molar-refractivity contribution in [3.05, 3.63) is 215 Å². The Morgan fingerprint density at radius 2 is 0.383 bits per heavy atom. The molecule has 17 rings (SSSR count). The minimum atomic E-state index is 0.0949. The summed E-state index contributed by atoms with van der Waals surface area (Å²) < 4.78 is 67.9. The lowest BCUT2D eigenvalue weighted by Crippen LogP contribution is -2.00. The summed E-state index contributed by atoms with van der Waals surface area (Å²) in [5, 5.41) is 70.0. The fourth-order valence-electron chi connectivity index (χ4n) is 13.7. The van der Waals surface area contributed by atoms with E-state index in [2.05, 4.69) is 92.5 Å². The molecule has 0 atom stereocenters. The zero-order valence-electron chi connectivity index (χ0n) is 67.4. The molecule has 0 unspecified atom stereocenters. The van der Waals surface area contributed by atoms with Crippen molar-refractivity contribution in [2.75, 3.05) is 0 Å². The molecule has 13 heterocycles. The largest absolute Gasteiger partial charge is 0.487 e. The van der Waals surface area contributed by atoms with Crippen molar-refractivity contribution in [2.24, 2.45) is 0 Å². The van der Waals surface area contributed by atoms with Crippen molar-refractivity contribution in [3.8, 4) is 90.5 Å². The molecule has 0 radical (unpaired) electrons. The highest BCUT2D eigenvalue weighted by Gasteiger charge is 2.25. The van der Waals surface area contributed by atoms with Gasteiger partial charge >= 0.3 is 0 Å². The maximum absolute atomic E-state index is 6.73. The molecule has 2 aliphatic heterocycles. The van der Waals surface area contributed by atoms with Crippen molar-refractivity contribution >= 4 is 46.4 Å². The fourth-order valence-corrected chi connectivity index (χ4v) is 13.7. The summed E-state index contributed by atoms with van der Waals surface area (Å²) in [6.45, 7) is 21.8. The van der Waals surface area contributed by atoms with Crippen LogP contribution in [0.3, 0.4) is 0 Å². The van der Waals surface area contributed by atoms with Crippen molar-refractivity contribution < 1.29 is 37.9 Å². The molecule has 120 heavy (non-hydrogen) atoms. The average molecular weight is 1620 g/mol. The van der Waals surface area contributed by atoms with Gasteiger partial charge in [0.1, 0.15) is 144 Å². The first-order valence-electron chi connectivity index (χ1n) is 39.8. The number of nitrogens with one attached hydrogen (secondary N) is 2. The van der Waals surface area contributed by atoms with Crippen LogP contribution in [0.1, 0.15) is 124 Å². The molecule has 36 heteroatoms. The van der Waals surface area contributed by atoms with E-state index in [1.54, 1.807) is 37.5 Å². The lowest BCUT2D eigenvalue weighted by molar-refractivity contribution is 0.285. The van der Waals surface area contributed by atoms with E-state index < -0.39 is 0 Å². The molecule has 0 spiro atoms. The van der Waals surface area contributed by atoms with Crippen molar-refractivity contribution in [3.63, 3.8) is 0 Å². The topological polar surface area (TPSA) is 377 Å². The zero-order chi connectivity index (χ0) is 82.0. The summed E-state index contributed by atoms with van der Waals surface area (Å²) in [4.78, 5) is 19.5. The van der Waals surface area contributed by atoms with Crippen LogP contribution >= 0.6 is 0 Å². The van der Waals surface area contributed by atoms with Crippen LogP contribution in [0.25, 0.3) is 90.9 Å². The molecule has 15 aromatic rings. The third kappa shape index (κ3) is 17.9. The molecule has 36 nitrogen and oxygen atoms in total. The zero-order valence-corrected chi connectivity index (χ0v) is 67.4. The van der Waals surface area contributed by atoms with Gasteiger partial charge in [-0.1, -0.05) is 41.7 Å². The maximum atomic E-state index is 6.73. The number of hydrogen-bond acceptors (Lipinski definition) is 26. The van der Waals surface area contributed by atoms with Crippen molar-refractivity contribution in [1.29, 1.82) is 0 Å². The van der Waals surface area contributed by atoms with Crippen LogP contribution < -0.4 is 37.9 Å². The molecule has 2 aliphatic rings. The van der Waals surface area contributed by atoms with Gasteiger partial charge in [-0.05, 0) is 175 Å². The smallest absolute Gasteiger partial charge is 0.134 e. The molecule has 4 aromatic carbocycles. The summed E-state index contributed by atoms with van der Waals surface area (Å²) in [7, 11) is 0. The number of fused-ring (bicyclic) bond motifs is 8. The van der Waals surface area contributed by atoms with Gasteiger partial charge in [-0.25, -0.2) is 9.97 Å². The van der Waals surface area contributed by atoms with E-state index >= 15 is 0 Å². The van der Waals surface area contributed by atoms with E-state index in [9.17, 15) is 0 Å². The Kier molecular flexibility index (Phi) is 22.8. The summed E-state index contributed by atoms with van der Waals surface area (Å²) in [6.07, 6.45) is 22.9. The van der Waals surface area contributed by atoms with E-state index in [0.717, 1.165) is 0 Å². The first-order chi connectivity index (χ1) is 58.8. The minimum Gasteiger partial charge on any atom is -0.487 e. The number of benzene rings is 4. The van der Waals surface area contributed by atoms with Gasteiger partial charge in [0, 0.05) is 121 Å².